The second-order valence-corrected chi connectivity index (χ2v) is 9.55. The van der Waals surface area contributed by atoms with Crippen molar-refractivity contribution in [3.8, 4) is 22.3 Å². The lowest BCUT2D eigenvalue weighted by Crippen LogP contribution is -2.02. The molecule has 0 saturated heterocycles. The van der Waals surface area contributed by atoms with Crippen LogP contribution < -0.4 is 0 Å². The second-order valence-electron chi connectivity index (χ2n) is 9.55. The monoisotopic (exact) mass is 504 g/mol. The van der Waals surface area contributed by atoms with Crippen LogP contribution in [0.25, 0.3) is 22.3 Å². The van der Waals surface area contributed by atoms with Crippen LogP contribution in [-0.4, -0.2) is 0 Å². The Bertz CT molecular complexity index is 1340. The van der Waals surface area contributed by atoms with Crippen molar-refractivity contribution in [2.75, 3.05) is 0 Å². The Hall–Kier alpha value is -3.40. The normalized spacial score (nSPS) is 11.2. The van der Waals surface area contributed by atoms with Gasteiger partial charge in [-0.15, -0.1) is 0 Å². The number of hydrogen-bond acceptors (Lipinski definition) is 0. The number of hydrogen-bond donors (Lipinski definition) is 0. The Kier molecular flexibility index (Phi) is 8.81. The fraction of sp³-hybridized carbons (Fsp3) is 0.273. The molecule has 4 heteroatoms. The molecule has 0 atom stereocenters. The van der Waals surface area contributed by atoms with E-state index in [1.54, 1.807) is 36.4 Å². The number of benzene rings is 4. The van der Waals surface area contributed by atoms with Gasteiger partial charge >= 0.3 is 0 Å². The summed E-state index contributed by atoms with van der Waals surface area (Å²) in [5.74, 6) is -3.28. The van der Waals surface area contributed by atoms with Gasteiger partial charge in [0, 0.05) is 11.1 Å². The van der Waals surface area contributed by atoms with E-state index in [4.69, 9.17) is 0 Å². The van der Waals surface area contributed by atoms with Gasteiger partial charge in [-0.3, -0.25) is 0 Å². The Labute approximate surface area is 217 Å². The predicted octanol–water partition coefficient (Wildman–Crippen LogP) is 9.66. The van der Waals surface area contributed by atoms with Crippen LogP contribution >= 0.6 is 0 Å². The summed E-state index contributed by atoms with van der Waals surface area (Å²) in [5, 5.41) is 0. The molecule has 0 fully saturated rings. The third kappa shape index (κ3) is 6.12. The number of unbranched alkanes of at least 4 members (excludes halogenated alkanes) is 1. The average molecular weight is 505 g/mol. The maximum Gasteiger partial charge on any atom is 0.167 e. The molecule has 0 aliphatic rings. The first-order valence-corrected chi connectivity index (χ1v) is 13.0. The maximum absolute atomic E-state index is 15.0. The smallest absolute Gasteiger partial charge is 0.167 e. The first-order valence-electron chi connectivity index (χ1n) is 13.0. The summed E-state index contributed by atoms with van der Waals surface area (Å²) in [6.45, 7) is 4.11. The van der Waals surface area contributed by atoms with Crippen molar-refractivity contribution < 1.29 is 17.6 Å². The van der Waals surface area contributed by atoms with Gasteiger partial charge in [0.1, 0.15) is 0 Å². The highest BCUT2D eigenvalue weighted by Gasteiger charge is 2.17. The first-order chi connectivity index (χ1) is 17.9. The zero-order valence-electron chi connectivity index (χ0n) is 21.4. The number of rotatable bonds is 10. The van der Waals surface area contributed by atoms with Gasteiger partial charge in [-0.2, -0.15) is 0 Å². The molecule has 37 heavy (non-hydrogen) atoms. The van der Waals surface area contributed by atoms with E-state index in [0.717, 1.165) is 31.2 Å². The standard InChI is InChI=1S/C33H32F4/c1-3-5-7-26-18-19-27(31(35)30(26)34)17-12-23-10-15-25(16-11-23)29-21-20-28(32(36)33(29)37)24-13-8-22(6-4-2)9-14-24/h8-11,13-16,18-21H,3-7,12,17H2,1-2H3. The van der Waals surface area contributed by atoms with E-state index < -0.39 is 23.3 Å². The molecular formula is C33H32F4. The molecule has 0 heterocycles. The largest absolute Gasteiger partial charge is 0.203 e. The fourth-order valence-electron chi connectivity index (χ4n) is 4.65. The molecule has 0 unspecified atom stereocenters. The number of halogens is 4. The van der Waals surface area contributed by atoms with Crippen LogP contribution in [0.1, 0.15) is 55.4 Å². The molecule has 0 spiro atoms. The van der Waals surface area contributed by atoms with Gasteiger partial charge < -0.3 is 0 Å². The van der Waals surface area contributed by atoms with Crippen LogP contribution in [0.15, 0.2) is 72.8 Å². The Morgan fingerprint density at radius 1 is 0.432 bits per heavy atom. The van der Waals surface area contributed by atoms with Crippen molar-refractivity contribution >= 4 is 0 Å². The lowest BCUT2D eigenvalue weighted by Gasteiger charge is -2.11. The number of aryl methyl sites for hydroxylation is 4. The molecule has 192 valence electrons. The van der Waals surface area contributed by atoms with E-state index in [-0.39, 0.29) is 11.1 Å². The van der Waals surface area contributed by atoms with Crippen molar-refractivity contribution in [1.82, 2.24) is 0 Å². The van der Waals surface area contributed by atoms with Crippen molar-refractivity contribution in [2.24, 2.45) is 0 Å². The Morgan fingerprint density at radius 2 is 0.892 bits per heavy atom. The minimum absolute atomic E-state index is 0.186. The van der Waals surface area contributed by atoms with Gasteiger partial charge in [0.2, 0.25) is 0 Å². The molecule has 0 amide bonds. The average Bonchev–Trinajstić information content (AvgIpc) is 2.92. The van der Waals surface area contributed by atoms with E-state index in [0.29, 0.717) is 41.5 Å². The molecule has 0 radical (unpaired) electrons. The lowest BCUT2D eigenvalue weighted by molar-refractivity contribution is 0.487. The molecule has 0 aliphatic carbocycles. The van der Waals surface area contributed by atoms with Crippen LogP contribution in [0.2, 0.25) is 0 Å². The predicted molar refractivity (Wildman–Crippen MR) is 144 cm³/mol. The molecule has 0 aromatic heterocycles. The van der Waals surface area contributed by atoms with E-state index in [9.17, 15) is 13.2 Å². The van der Waals surface area contributed by atoms with Gasteiger partial charge in [0.25, 0.3) is 0 Å². The van der Waals surface area contributed by atoms with Gasteiger partial charge in [0.15, 0.2) is 23.3 Å². The van der Waals surface area contributed by atoms with Crippen LogP contribution in [0.5, 0.6) is 0 Å². The van der Waals surface area contributed by atoms with Gasteiger partial charge in [-0.1, -0.05) is 99.5 Å². The molecule has 0 saturated carbocycles. The highest BCUT2D eigenvalue weighted by Crippen LogP contribution is 2.32. The molecule has 0 bridgehead atoms. The summed E-state index contributed by atoms with van der Waals surface area (Å²) in [6, 6.07) is 21.2. The van der Waals surface area contributed by atoms with Crippen LogP contribution in [0.4, 0.5) is 17.6 Å². The Morgan fingerprint density at radius 3 is 1.35 bits per heavy atom. The molecule has 0 nitrogen and oxygen atoms in total. The first kappa shape index (κ1) is 26.7. The molecule has 4 rings (SSSR count). The molecular weight excluding hydrogens is 472 g/mol. The summed E-state index contributed by atoms with van der Waals surface area (Å²) in [4.78, 5) is 0. The van der Waals surface area contributed by atoms with Crippen molar-refractivity contribution in [3.63, 3.8) is 0 Å². The maximum atomic E-state index is 15.0. The zero-order valence-corrected chi connectivity index (χ0v) is 21.4. The summed E-state index contributed by atoms with van der Waals surface area (Å²) in [7, 11) is 0. The molecule has 4 aromatic rings. The Balaban J connectivity index is 1.47. The SMILES string of the molecule is CCCCc1ccc(CCc2ccc(-c3ccc(-c4ccc(CCC)cc4)c(F)c3F)cc2)c(F)c1F. The molecule has 0 aliphatic heterocycles. The van der Waals surface area contributed by atoms with E-state index in [1.807, 2.05) is 43.3 Å². The summed E-state index contributed by atoms with van der Waals surface area (Å²) in [5.41, 5.74) is 4.45. The third-order valence-corrected chi connectivity index (χ3v) is 6.88. The molecule has 4 aromatic carbocycles. The van der Waals surface area contributed by atoms with Gasteiger partial charge in [0.05, 0.1) is 0 Å². The fourth-order valence-corrected chi connectivity index (χ4v) is 4.65. The minimum Gasteiger partial charge on any atom is -0.203 e. The highest BCUT2D eigenvalue weighted by molar-refractivity contribution is 5.72. The van der Waals surface area contributed by atoms with Gasteiger partial charge in [-0.05, 0) is 65.5 Å². The summed E-state index contributed by atoms with van der Waals surface area (Å²) in [6.07, 6.45) is 5.11. The second kappa shape index (κ2) is 12.2. The van der Waals surface area contributed by atoms with Crippen molar-refractivity contribution in [3.05, 3.63) is 118 Å². The molecule has 0 N–H and O–H groups in total. The van der Waals surface area contributed by atoms with Crippen LogP contribution in [-0.2, 0) is 25.7 Å². The summed E-state index contributed by atoms with van der Waals surface area (Å²) >= 11 is 0. The van der Waals surface area contributed by atoms with E-state index in [2.05, 4.69) is 6.92 Å². The highest BCUT2D eigenvalue weighted by atomic mass is 19.2. The van der Waals surface area contributed by atoms with Crippen LogP contribution in [0.3, 0.4) is 0 Å². The topological polar surface area (TPSA) is 0 Å². The van der Waals surface area contributed by atoms with Crippen molar-refractivity contribution in [1.29, 1.82) is 0 Å². The summed E-state index contributed by atoms with van der Waals surface area (Å²) < 4.78 is 58.9. The lowest BCUT2D eigenvalue weighted by atomic mass is 9.96. The third-order valence-electron chi connectivity index (χ3n) is 6.88. The van der Waals surface area contributed by atoms with Crippen molar-refractivity contribution in [2.45, 2.75) is 58.8 Å². The van der Waals surface area contributed by atoms with E-state index in [1.165, 1.54) is 5.56 Å². The van der Waals surface area contributed by atoms with Gasteiger partial charge in [-0.25, -0.2) is 17.6 Å². The minimum atomic E-state index is -0.886. The van der Waals surface area contributed by atoms with Crippen LogP contribution in [0, 0.1) is 23.3 Å². The zero-order chi connectivity index (χ0) is 26.4. The van der Waals surface area contributed by atoms with E-state index >= 15 is 4.39 Å². The quantitative estimate of drug-likeness (QED) is 0.189.